The molecule has 0 fully saturated rings. The van der Waals surface area contributed by atoms with Crippen molar-refractivity contribution in [1.82, 2.24) is 25.0 Å². The van der Waals surface area contributed by atoms with E-state index in [-0.39, 0.29) is 0 Å². The van der Waals surface area contributed by atoms with Gasteiger partial charge in [-0.3, -0.25) is 4.57 Å². The first-order valence-corrected chi connectivity index (χ1v) is 9.77. The van der Waals surface area contributed by atoms with Crippen molar-refractivity contribution < 1.29 is 9.15 Å². The van der Waals surface area contributed by atoms with Crippen LogP contribution in [-0.4, -0.2) is 32.1 Å². The van der Waals surface area contributed by atoms with E-state index in [9.17, 15) is 0 Å². The Bertz CT molecular complexity index is 1050. The normalized spacial score (nSPS) is 10.9. The van der Waals surface area contributed by atoms with Crippen LogP contribution in [0.5, 0.6) is 5.75 Å². The molecule has 0 saturated carbocycles. The number of thioether (sulfide) groups is 1. The lowest BCUT2D eigenvalue weighted by atomic mass is 10.2. The molecule has 0 spiro atoms. The SMILES string of the molecule is COc1ccccc1-n1cnnc1SCc1nnc(-c2ccc(Br)cc2)o1. The lowest BCUT2D eigenvalue weighted by Gasteiger charge is -2.10. The fourth-order valence-electron chi connectivity index (χ4n) is 2.46. The quantitative estimate of drug-likeness (QED) is 0.409. The first-order valence-electron chi connectivity index (χ1n) is 7.99. The maximum atomic E-state index is 5.76. The molecule has 2 heterocycles. The average molecular weight is 444 g/mol. The minimum Gasteiger partial charge on any atom is -0.495 e. The fourth-order valence-corrected chi connectivity index (χ4v) is 3.49. The van der Waals surface area contributed by atoms with E-state index >= 15 is 0 Å². The highest BCUT2D eigenvalue weighted by atomic mass is 79.9. The first kappa shape index (κ1) is 17.7. The summed E-state index contributed by atoms with van der Waals surface area (Å²) in [7, 11) is 1.64. The molecule has 7 nitrogen and oxygen atoms in total. The number of para-hydroxylation sites is 2. The highest BCUT2D eigenvalue weighted by Crippen LogP contribution is 2.29. The summed E-state index contributed by atoms with van der Waals surface area (Å²) in [5.41, 5.74) is 1.74. The predicted octanol–water partition coefficient (Wildman–Crippen LogP) is 4.38. The molecule has 0 unspecified atom stereocenters. The minimum absolute atomic E-state index is 0.484. The zero-order valence-electron chi connectivity index (χ0n) is 14.2. The van der Waals surface area contributed by atoms with Gasteiger partial charge >= 0.3 is 0 Å². The maximum absolute atomic E-state index is 5.76. The van der Waals surface area contributed by atoms with Crippen molar-refractivity contribution in [2.75, 3.05) is 7.11 Å². The van der Waals surface area contributed by atoms with Crippen LogP contribution in [0.1, 0.15) is 5.89 Å². The second-order valence-electron chi connectivity index (χ2n) is 5.45. The highest BCUT2D eigenvalue weighted by Gasteiger charge is 2.14. The topological polar surface area (TPSA) is 78.9 Å². The monoisotopic (exact) mass is 443 g/mol. The van der Waals surface area contributed by atoms with E-state index < -0.39 is 0 Å². The van der Waals surface area contributed by atoms with Gasteiger partial charge in [-0.15, -0.1) is 20.4 Å². The van der Waals surface area contributed by atoms with Crippen molar-refractivity contribution in [3.05, 3.63) is 65.2 Å². The Morgan fingerprint density at radius 3 is 2.70 bits per heavy atom. The third kappa shape index (κ3) is 3.88. The first-order chi connectivity index (χ1) is 13.2. The molecule has 2 aromatic carbocycles. The van der Waals surface area contributed by atoms with Gasteiger partial charge in [0.1, 0.15) is 12.1 Å². The Morgan fingerprint density at radius 2 is 1.89 bits per heavy atom. The molecule has 27 heavy (non-hydrogen) atoms. The van der Waals surface area contributed by atoms with Crippen molar-refractivity contribution in [1.29, 1.82) is 0 Å². The summed E-state index contributed by atoms with van der Waals surface area (Å²) in [6.45, 7) is 0. The van der Waals surface area contributed by atoms with Crippen LogP contribution in [0.2, 0.25) is 0 Å². The molecule has 0 atom stereocenters. The standard InChI is InChI=1S/C18H14BrN5O2S/c1-25-15-5-3-2-4-14(15)24-11-20-23-18(24)27-10-16-21-22-17(26-16)12-6-8-13(19)9-7-12/h2-9,11H,10H2,1H3. The Kier molecular flexibility index (Phi) is 5.21. The molecule has 0 aliphatic carbocycles. The molecule has 4 rings (SSSR count). The molecule has 0 bridgehead atoms. The number of benzene rings is 2. The van der Waals surface area contributed by atoms with E-state index in [4.69, 9.17) is 9.15 Å². The van der Waals surface area contributed by atoms with Gasteiger partial charge in [0.05, 0.1) is 18.6 Å². The van der Waals surface area contributed by atoms with Crippen molar-refractivity contribution in [2.45, 2.75) is 10.9 Å². The number of rotatable bonds is 6. The van der Waals surface area contributed by atoms with Crippen LogP contribution < -0.4 is 4.74 Å². The third-order valence-corrected chi connectivity index (χ3v) is 5.20. The van der Waals surface area contributed by atoms with Gasteiger partial charge in [0.2, 0.25) is 11.8 Å². The Morgan fingerprint density at radius 1 is 1.07 bits per heavy atom. The second kappa shape index (κ2) is 7.93. The number of hydrogen-bond acceptors (Lipinski definition) is 7. The minimum atomic E-state index is 0.484. The molecule has 0 amide bonds. The number of aromatic nitrogens is 5. The van der Waals surface area contributed by atoms with E-state index in [2.05, 4.69) is 36.3 Å². The van der Waals surface area contributed by atoms with Gasteiger partial charge in [0, 0.05) is 10.0 Å². The summed E-state index contributed by atoms with van der Waals surface area (Å²) in [6, 6.07) is 15.4. The summed E-state index contributed by atoms with van der Waals surface area (Å²) in [4.78, 5) is 0. The zero-order valence-corrected chi connectivity index (χ0v) is 16.6. The molecule has 0 aliphatic heterocycles. The summed E-state index contributed by atoms with van der Waals surface area (Å²) in [6.07, 6.45) is 1.65. The van der Waals surface area contributed by atoms with Gasteiger partial charge in [-0.1, -0.05) is 39.8 Å². The molecule has 136 valence electrons. The van der Waals surface area contributed by atoms with Gasteiger partial charge in [-0.2, -0.15) is 0 Å². The number of ether oxygens (including phenoxy) is 1. The van der Waals surface area contributed by atoms with E-state index in [1.54, 1.807) is 13.4 Å². The van der Waals surface area contributed by atoms with Crippen LogP contribution in [0, 0.1) is 0 Å². The molecule has 0 saturated heterocycles. The van der Waals surface area contributed by atoms with Crippen LogP contribution in [-0.2, 0) is 5.75 Å². The second-order valence-corrected chi connectivity index (χ2v) is 7.31. The summed E-state index contributed by atoms with van der Waals surface area (Å²) >= 11 is 4.87. The molecular weight excluding hydrogens is 430 g/mol. The van der Waals surface area contributed by atoms with E-state index in [1.165, 1.54) is 11.8 Å². The van der Waals surface area contributed by atoms with Gasteiger partial charge in [-0.05, 0) is 36.4 Å². The number of halogens is 1. The van der Waals surface area contributed by atoms with E-state index in [0.717, 1.165) is 21.5 Å². The van der Waals surface area contributed by atoms with Crippen LogP contribution in [0.15, 0.2) is 68.9 Å². The van der Waals surface area contributed by atoms with Crippen molar-refractivity contribution in [3.63, 3.8) is 0 Å². The fraction of sp³-hybridized carbons (Fsp3) is 0.111. The molecule has 4 aromatic rings. The Hall–Kier alpha value is -2.65. The number of nitrogens with zero attached hydrogens (tertiary/aromatic N) is 5. The molecule has 0 radical (unpaired) electrons. The van der Waals surface area contributed by atoms with Crippen molar-refractivity contribution in [3.8, 4) is 22.9 Å². The van der Waals surface area contributed by atoms with Gasteiger partial charge < -0.3 is 9.15 Å². The predicted molar refractivity (Wildman–Crippen MR) is 105 cm³/mol. The van der Waals surface area contributed by atoms with Crippen LogP contribution >= 0.6 is 27.7 Å². The Balaban J connectivity index is 1.51. The number of hydrogen-bond donors (Lipinski definition) is 0. The zero-order chi connectivity index (χ0) is 18.6. The lowest BCUT2D eigenvalue weighted by molar-refractivity contribution is 0.412. The van der Waals surface area contributed by atoms with Crippen LogP contribution in [0.25, 0.3) is 17.1 Å². The highest BCUT2D eigenvalue weighted by molar-refractivity contribution is 9.10. The van der Waals surface area contributed by atoms with Crippen molar-refractivity contribution >= 4 is 27.7 Å². The largest absolute Gasteiger partial charge is 0.495 e. The van der Waals surface area contributed by atoms with E-state index in [0.29, 0.717) is 22.7 Å². The van der Waals surface area contributed by atoms with Crippen LogP contribution in [0.3, 0.4) is 0 Å². The third-order valence-electron chi connectivity index (χ3n) is 3.74. The number of methoxy groups -OCH3 is 1. The Labute approximate surface area is 167 Å². The summed E-state index contributed by atoms with van der Waals surface area (Å²) < 4.78 is 14.0. The van der Waals surface area contributed by atoms with Crippen molar-refractivity contribution in [2.24, 2.45) is 0 Å². The molecule has 0 N–H and O–H groups in total. The summed E-state index contributed by atoms with van der Waals surface area (Å²) in [5.74, 6) is 2.24. The van der Waals surface area contributed by atoms with Gasteiger partial charge in [0.25, 0.3) is 0 Å². The smallest absolute Gasteiger partial charge is 0.247 e. The molecule has 9 heteroatoms. The van der Waals surface area contributed by atoms with Crippen LogP contribution in [0.4, 0.5) is 0 Å². The molecule has 0 aliphatic rings. The van der Waals surface area contributed by atoms with E-state index in [1.807, 2.05) is 53.1 Å². The molecule has 2 aromatic heterocycles. The summed E-state index contributed by atoms with van der Waals surface area (Å²) in [5, 5.41) is 17.1. The van der Waals surface area contributed by atoms with Gasteiger partial charge in [0.15, 0.2) is 5.16 Å². The molecular formula is C18H14BrN5O2S. The maximum Gasteiger partial charge on any atom is 0.247 e. The lowest BCUT2D eigenvalue weighted by Crippen LogP contribution is -1.98. The average Bonchev–Trinajstić information content (AvgIpc) is 3.36. The van der Waals surface area contributed by atoms with Gasteiger partial charge in [-0.25, -0.2) is 0 Å².